The molecule has 0 saturated carbocycles. The van der Waals surface area contributed by atoms with Gasteiger partial charge in [-0.15, -0.1) is 0 Å². The van der Waals surface area contributed by atoms with E-state index in [1.165, 1.54) is 16.4 Å². The van der Waals surface area contributed by atoms with E-state index >= 15 is 0 Å². The predicted molar refractivity (Wildman–Crippen MR) is 156 cm³/mol. The number of para-hydroxylation sites is 2. The summed E-state index contributed by atoms with van der Waals surface area (Å²) >= 11 is 18.4. The van der Waals surface area contributed by atoms with Crippen LogP contribution in [-0.2, 0) is 26.1 Å². The molecule has 40 heavy (non-hydrogen) atoms. The number of aryl methyl sites for hydroxylation is 1. The molecule has 5 rings (SSSR count). The number of fused-ring (bicyclic) bond motifs is 1. The number of halogens is 3. The summed E-state index contributed by atoms with van der Waals surface area (Å²) in [6.45, 7) is 2.44. The lowest BCUT2D eigenvalue weighted by atomic mass is 9.94. The van der Waals surface area contributed by atoms with Crippen LogP contribution < -0.4 is 5.73 Å². The summed E-state index contributed by atoms with van der Waals surface area (Å²) in [4.78, 5) is 20.3. The number of likely N-dealkylation sites (tertiary alicyclic amines) is 1. The van der Waals surface area contributed by atoms with Gasteiger partial charge < -0.3 is 19.9 Å². The zero-order valence-electron chi connectivity index (χ0n) is 22.1. The second kappa shape index (κ2) is 12.1. The number of methoxy groups -OCH3 is 1. The third-order valence-electron chi connectivity index (χ3n) is 7.72. The normalized spacial score (nSPS) is 22.3. The Labute approximate surface area is 249 Å². The Morgan fingerprint density at radius 3 is 2.58 bits per heavy atom. The number of nitrogens with two attached hydrogens (primary N) is 1. The lowest BCUT2D eigenvalue weighted by Gasteiger charge is -2.35. The molecule has 2 N–H and O–H groups in total. The molecule has 1 amide bonds. The lowest BCUT2D eigenvalue weighted by Crippen LogP contribution is -2.47. The number of nitrogens with zero attached hydrogens (tertiary/aromatic N) is 4. The van der Waals surface area contributed by atoms with Crippen LogP contribution in [0.1, 0.15) is 31.0 Å². The molecule has 2 aliphatic heterocycles. The molecule has 0 unspecified atom stereocenters. The van der Waals surface area contributed by atoms with Crippen molar-refractivity contribution < 1.29 is 17.9 Å². The number of piperidine rings is 1. The summed E-state index contributed by atoms with van der Waals surface area (Å²) in [5, 5.41) is 0.0771. The Bertz CT molecular complexity index is 1490. The van der Waals surface area contributed by atoms with E-state index < -0.39 is 22.0 Å². The van der Waals surface area contributed by atoms with Crippen LogP contribution in [0.2, 0.25) is 15.1 Å². The highest BCUT2D eigenvalue weighted by Gasteiger charge is 2.44. The fourth-order valence-corrected chi connectivity index (χ4v) is 8.78. The minimum absolute atomic E-state index is 0.0133. The SMILES string of the molecule is COCCCn1c([C@@H]2CCCN(C(=O)[C@@H]3CN(S(=O)(=O)c4c(Cl)cc(Cl)cc4Cl)C[C@H]3N)C2)nc2ccccc21. The molecule has 2 saturated heterocycles. The van der Waals surface area contributed by atoms with E-state index in [1.54, 1.807) is 7.11 Å². The lowest BCUT2D eigenvalue weighted by molar-refractivity contribution is -0.136. The van der Waals surface area contributed by atoms with Gasteiger partial charge in [-0.1, -0.05) is 46.9 Å². The number of imidazole rings is 1. The Morgan fingerprint density at radius 1 is 1.12 bits per heavy atom. The Morgan fingerprint density at radius 2 is 1.85 bits per heavy atom. The van der Waals surface area contributed by atoms with E-state index in [-0.39, 0.29) is 44.9 Å². The molecular formula is C27H32Cl3N5O4S. The first-order valence-electron chi connectivity index (χ1n) is 13.2. The van der Waals surface area contributed by atoms with Crippen LogP contribution in [0.15, 0.2) is 41.3 Å². The number of carbonyl (C=O) groups excluding carboxylic acids is 1. The first-order chi connectivity index (χ1) is 19.1. The van der Waals surface area contributed by atoms with Gasteiger partial charge in [-0.3, -0.25) is 4.79 Å². The third-order valence-corrected chi connectivity index (χ3v) is 10.7. The number of aromatic nitrogens is 2. The van der Waals surface area contributed by atoms with Gasteiger partial charge in [0.1, 0.15) is 10.7 Å². The molecule has 216 valence electrons. The summed E-state index contributed by atoms with van der Waals surface area (Å²) < 4.78 is 35.6. The van der Waals surface area contributed by atoms with Gasteiger partial charge in [-0.05, 0) is 43.5 Å². The van der Waals surface area contributed by atoms with Crippen molar-refractivity contribution in [2.75, 3.05) is 39.9 Å². The van der Waals surface area contributed by atoms with Gasteiger partial charge >= 0.3 is 0 Å². The topological polar surface area (TPSA) is 111 Å². The van der Waals surface area contributed by atoms with Gasteiger partial charge in [0.15, 0.2) is 0 Å². The van der Waals surface area contributed by atoms with Crippen molar-refractivity contribution in [1.29, 1.82) is 0 Å². The number of rotatable bonds is 8. The quantitative estimate of drug-likeness (QED) is 0.371. The number of carbonyl (C=O) groups is 1. The molecule has 0 spiro atoms. The highest BCUT2D eigenvalue weighted by atomic mass is 35.5. The third kappa shape index (κ3) is 5.72. The molecule has 1 aromatic heterocycles. The Kier molecular flexibility index (Phi) is 8.97. The van der Waals surface area contributed by atoms with E-state index in [0.29, 0.717) is 19.7 Å². The van der Waals surface area contributed by atoms with Crippen molar-refractivity contribution in [1.82, 2.24) is 18.8 Å². The van der Waals surface area contributed by atoms with Gasteiger partial charge in [0, 0.05) is 63.4 Å². The molecule has 13 heteroatoms. The number of amides is 1. The standard InChI is InChI=1S/C27H32Cl3N5O4S/c1-39-11-5-10-35-24-8-3-2-7-23(24)32-26(35)17-6-4-9-33(14-17)27(36)19-15-34(16-22(19)31)40(37,38)25-20(29)12-18(28)13-21(25)30/h2-3,7-8,12-13,17,19,22H,4-6,9-11,14-16,31H2,1H3/t17-,19-,22-/m1/s1. The van der Waals surface area contributed by atoms with Crippen molar-refractivity contribution in [2.24, 2.45) is 11.7 Å². The van der Waals surface area contributed by atoms with Crippen molar-refractivity contribution in [3.63, 3.8) is 0 Å². The maximum Gasteiger partial charge on any atom is 0.246 e. The van der Waals surface area contributed by atoms with E-state index in [4.69, 9.17) is 50.3 Å². The first-order valence-corrected chi connectivity index (χ1v) is 15.8. The van der Waals surface area contributed by atoms with Crippen LogP contribution in [0.3, 0.4) is 0 Å². The highest BCUT2D eigenvalue weighted by molar-refractivity contribution is 7.89. The van der Waals surface area contributed by atoms with Crippen LogP contribution in [0.5, 0.6) is 0 Å². The van der Waals surface area contributed by atoms with Gasteiger partial charge in [0.25, 0.3) is 0 Å². The van der Waals surface area contributed by atoms with Gasteiger partial charge in [0.2, 0.25) is 15.9 Å². The zero-order chi connectivity index (χ0) is 28.6. The van der Waals surface area contributed by atoms with Gasteiger partial charge in [-0.2, -0.15) is 4.31 Å². The Hall–Kier alpha value is -1.92. The average Bonchev–Trinajstić information content (AvgIpc) is 3.49. The maximum absolute atomic E-state index is 13.8. The van der Waals surface area contributed by atoms with E-state index in [9.17, 15) is 13.2 Å². The fraction of sp³-hybridized carbons (Fsp3) is 0.481. The minimum Gasteiger partial charge on any atom is -0.385 e. The molecule has 2 aliphatic rings. The van der Waals surface area contributed by atoms with Crippen LogP contribution >= 0.6 is 34.8 Å². The molecule has 3 aromatic rings. The van der Waals surface area contributed by atoms with Gasteiger partial charge in [-0.25, -0.2) is 13.4 Å². The highest BCUT2D eigenvalue weighted by Crippen LogP contribution is 2.37. The largest absolute Gasteiger partial charge is 0.385 e. The number of hydrogen-bond donors (Lipinski definition) is 1. The molecule has 9 nitrogen and oxygen atoms in total. The summed E-state index contributed by atoms with van der Waals surface area (Å²) in [6.07, 6.45) is 2.57. The van der Waals surface area contributed by atoms with Crippen molar-refractivity contribution in [3.8, 4) is 0 Å². The maximum atomic E-state index is 13.8. The molecule has 0 aliphatic carbocycles. The van der Waals surface area contributed by atoms with Crippen molar-refractivity contribution in [2.45, 2.75) is 42.7 Å². The molecule has 0 bridgehead atoms. The molecule has 3 heterocycles. The average molecular weight is 629 g/mol. The Balaban J connectivity index is 1.34. The number of benzene rings is 2. The van der Waals surface area contributed by atoms with Crippen LogP contribution in [0, 0.1) is 5.92 Å². The van der Waals surface area contributed by atoms with Crippen molar-refractivity contribution >= 4 is 61.8 Å². The first kappa shape index (κ1) is 29.6. The van der Waals surface area contributed by atoms with E-state index in [0.717, 1.165) is 42.7 Å². The van der Waals surface area contributed by atoms with Crippen molar-refractivity contribution in [3.05, 3.63) is 57.3 Å². The fourth-order valence-electron chi connectivity index (χ4n) is 5.78. The number of hydrogen-bond acceptors (Lipinski definition) is 6. The van der Waals surface area contributed by atoms with E-state index in [1.807, 2.05) is 23.1 Å². The summed E-state index contributed by atoms with van der Waals surface area (Å²) in [7, 11) is -2.40. The minimum atomic E-state index is -4.10. The summed E-state index contributed by atoms with van der Waals surface area (Å²) in [6, 6.07) is 10.0. The number of ether oxygens (including phenoxy) is 1. The second-order valence-electron chi connectivity index (χ2n) is 10.4. The van der Waals surface area contributed by atoms with E-state index in [2.05, 4.69) is 10.6 Å². The van der Waals surface area contributed by atoms with Crippen LogP contribution in [0.25, 0.3) is 11.0 Å². The van der Waals surface area contributed by atoms with Gasteiger partial charge in [0.05, 0.1) is 27.0 Å². The predicted octanol–water partition coefficient (Wildman–Crippen LogP) is 4.39. The van der Waals surface area contributed by atoms with Crippen LogP contribution in [-0.4, -0.2) is 79.0 Å². The number of sulfonamides is 1. The monoisotopic (exact) mass is 627 g/mol. The second-order valence-corrected chi connectivity index (χ2v) is 13.5. The molecule has 2 aromatic carbocycles. The van der Waals surface area contributed by atoms with Crippen LogP contribution in [0.4, 0.5) is 0 Å². The molecule has 3 atom stereocenters. The zero-order valence-corrected chi connectivity index (χ0v) is 25.2. The summed E-state index contributed by atoms with van der Waals surface area (Å²) in [5.41, 5.74) is 8.36. The molecule has 2 fully saturated rings. The summed E-state index contributed by atoms with van der Waals surface area (Å²) in [5.74, 6) is 0.183. The molecule has 0 radical (unpaired) electrons. The smallest absolute Gasteiger partial charge is 0.246 e. The molecular weight excluding hydrogens is 597 g/mol.